The Morgan fingerprint density at radius 2 is 2.23 bits per heavy atom. The number of benzene rings is 1. The molecule has 0 fully saturated rings. The van der Waals surface area contributed by atoms with Crippen LogP contribution in [0.25, 0.3) is 4.96 Å². The molecule has 2 aromatic heterocycles. The Labute approximate surface area is 152 Å². The number of thiazole rings is 1. The van der Waals surface area contributed by atoms with Crippen molar-refractivity contribution < 1.29 is 19.0 Å². The molecule has 0 amide bonds. The van der Waals surface area contributed by atoms with Crippen molar-refractivity contribution in [1.82, 2.24) is 9.38 Å². The second kappa shape index (κ2) is 6.80. The molecule has 0 unspecified atom stereocenters. The molecule has 3 aromatic rings. The van der Waals surface area contributed by atoms with E-state index in [2.05, 4.69) is 4.98 Å². The highest BCUT2D eigenvalue weighted by molar-refractivity contribution is 7.15. The number of hydrogen-bond donors (Lipinski definition) is 0. The summed E-state index contributed by atoms with van der Waals surface area (Å²) in [5, 5.41) is 1.74. The lowest BCUT2D eigenvalue weighted by molar-refractivity contribution is 0.0322. The van der Waals surface area contributed by atoms with Gasteiger partial charge in [0, 0.05) is 11.6 Å². The van der Waals surface area contributed by atoms with Crippen LogP contribution >= 0.6 is 11.3 Å². The van der Waals surface area contributed by atoms with Gasteiger partial charge < -0.3 is 14.2 Å². The lowest BCUT2D eigenvalue weighted by Gasteiger charge is -2.13. The standard InChI is InChI=1S/C18H16N2O5S/c1-11(2-3-12-4-5-14-15(8-12)24-10-23-14)25-17(22)13-9-19-18-20(16(13)21)6-7-26-18/h4-9,11H,2-3,10H2,1H3/t11-/m1/s1. The third kappa shape index (κ3) is 3.15. The largest absolute Gasteiger partial charge is 0.459 e. The lowest BCUT2D eigenvalue weighted by atomic mass is 10.1. The highest BCUT2D eigenvalue weighted by Gasteiger charge is 2.18. The molecule has 0 bridgehead atoms. The summed E-state index contributed by atoms with van der Waals surface area (Å²) >= 11 is 1.33. The van der Waals surface area contributed by atoms with Gasteiger partial charge in [0.05, 0.1) is 12.3 Å². The number of aromatic nitrogens is 2. The van der Waals surface area contributed by atoms with E-state index >= 15 is 0 Å². The van der Waals surface area contributed by atoms with Crippen molar-refractivity contribution >= 4 is 22.3 Å². The molecule has 3 heterocycles. The average Bonchev–Trinajstić information content (AvgIpc) is 3.29. The van der Waals surface area contributed by atoms with Gasteiger partial charge in [-0.15, -0.1) is 11.3 Å². The van der Waals surface area contributed by atoms with E-state index in [1.165, 1.54) is 21.9 Å². The molecule has 0 saturated carbocycles. The molecule has 0 aliphatic carbocycles. The number of carbonyl (C=O) groups excluding carboxylic acids is 1. The number of aryl methyl sites for hydroxylation is 1. The van der Waals surface area contributed by atoms with Crippen LogP contribution < -0.4 is 15.0 Å². The third-order valence-corrected chi connectivity index (χ3v) is 4.92. The summed E-state index contributed by atoms with van der Waals surface area (Å²) in [6.07, 6.45) is 3.87. The number of carbonyl (C=O) groups is 1. The van der Waals surface area contributed by atoms with Crippen molar-refractivity contribution in [3.8, 4) is 11.5 Å². The van der Waals surface area contributed by atoms with Gasteiger partial charge in [0.2, 0.25) is 6.79 Å². The summed E-state index contributed by atoms with van der Waals surface area (Å²) in [6.45, 7) is 2.05. The normalized spacial score (nSPS) is 13.7. The molecule has 0 saturated heterocycles. The highest BCUT2D eigenvalue weighted by Crippen LogP contribution is 2.32. The minimum absolute atomic E-state index is 0.0594. The molecule has 134 valence electrons. The average molecular weight is 372 g/mol. The number of ether oxygens (including phenoxy) is 3. The van der Waals surface area contributed by atoms with Gasteiger partial charge in [0.25, 0.3) is 5.56 Å². The predicted molar refractivity (Wildman–Crippen MR) is 95.1 cm³/mol. The van der Waals surface area contributed by atoms with Crippen LogP contribution in [-0.4, -0.2) is 28.3 Å². The van der Waals surface area contributed by atoms with Crippen LogP contribution in [0.3, 0.4) is 0 Å². The summed E-state index contributed by atoms with van der Waals surface area (Å²) in [5.74, 6) is 0.821. The van der Waals surface area contributed by atoms with Crippen LogP contribution in [0.5, 0.6) is 11.5 Å². The number of nitrogens with zero attached hydrogens (tertiary/aromatic N) is 2. The minimum Gasteiger partial charge on any atom is -0.459 e. The number of fused-ring (bicyclic) bond motifs is 2. The Morgan fingerprint density at radius 1 is 1.38 bits per heavy atom. The first-order valence-corrected chi connectivity index (χ1v) is 9.04. The van der Waals surface area contributed by atoms with Gasteiger partial charge in [-0.05, 0) is 37.5 Å². The minimum atomic E-state index is -0.652. The van der Waals surface area contributed by atoms with Crippen LogP contribution in [0.4, 0.5) is 0 Å². The summed E-state index contributed by atoms with van der Waals surface area (Å²) < 4.78 is 17.4. The topological polar surface area (TPSA) is 79.1 Å². The molecule has 1 aromatic carbocycles. The van der Waals surface area contributed by atoms with Crippen molar-refractivity contribution in [2.24, 2.45) is 0 Å². The van der Waals surface area contributed by atoms with E-state index in [4.69, 9.17) is 14.2 Å². The molecule has 8 heteroatoms. The second-order valence-corrected chi connectivity index (χ2v) is 6.85. The van der Waals surface area contributed by atoms with Crippen LogP contribution in [0.2, 0.25) is 0 Å². The zero-order chi connectivity index (χ0) is 18.1. The Kier molecular flexibility index (Phi) is 4.34. The van der Waals surface area contributed by atoms with Crippen molar-refractivity contribution in [2.75, 3.05) is 6.79 Å². The fourth-order valence-corrected chi connectivity index (χ4v) is 3.41. The van der Waals surface area contributed by atoms with Crippen LogP contribution in [0, 0.1) is 0 Å². The molecule has 7 nitrogen and oxygen atoms in total. The van der Waals surface area contributed by atoms with E-state index in [1.54, 1.807) is 18.5 Å². The summed E-state index contributed by atoms with van der Waals surface area (Å²) in [4.78, 5) is 29.3. The first kappa shape index (κ1) is 16.6. The monoisotopic (exact) mass is 372 g/mol. The van der Waals surface area contributed by atoms with E-state index < -0.39 is 11.5 Å². The Morgan fingerprint density at radius 3 is 3.12 bits per heavy atom. The fraction of sp³-hybridized carbons (Fsp3) is 0.278. The Bertz CT molecular complexity index is 1030. The van der Waals surface area contributed by atoms with E-state index in [-0.39, 0.29) is 18.5 Å². The highest BCUT2D eigenvalue weighted by atomic mass is 32.1. The zero-order valence-electron chi connectivity index (χ0n) is 14.0. The quantitative estimate of drug-likeness (QED) is 0.641. The SMILES string of the molecule is C[C@H](CCc1ccc2c(c1)OCO2)OC(=O)c1cnc2sccn2c1=O. The molecule has 0 radical (unpaired) electrons. The fourth-order valence-electron chi connectivity index (χ4n) is 2.74. The first-order chi connectivity index (χ1) is 12.6. The predicted octanol–water partition coefficient (Wildman–Crippen LogP) is 2.66. The van der Waals surface area contributed by atoms with Gasteiger partial charge in [-0.2, -0.15) is 0 Å². The summed E-state index contributed by atoms with van der Waals surface area (Å²) in [6, 6.07) is 5.76. The van der Waals surface area contributed by atoms with Gasteiger partial charge in [0.15, 0.2) is 16.5 Å². The Balaban J connectivity index is 1.39. The molecular weight excluding hydrogens is 356 g/mol. The van der Waals surface area contributed by atoms with Gasteiger partial charge in [-0.1, -0.05) is 6.07 Å². The maximum Gasteiger partial charge on any atom is 0.345 e. The van der Waals surface area contributed by atoms with Gasteiger partial charge in [-0.25, -0.2) is 9.78 Å². The van der Waals surface area contributed by atoms with Gasteiger partial charge in [-0.3, -0.25) is 9.20 Å². The maximum absolute atomic E-state index is 12.3. The number of hydrogen-bond acceptors (Lipinski definition) is 7. The van der Waals surface area contributed by atoms with E-state index in [9.17, 15) is 9.59 Å². The van der Waals surface area contributed by atoms with Gasteiger partial charge in [0.1, 0.15) is 5.56 Å². The molecular formula is C18H16N2O5S. The smallest absolute Gasteiger partial charge is 0.345 e. The first-order valence-electron chi connectivity index (χ1n) is 8.16. The van der Waals surface area contributed by atoms with Crippen molar-refractivity contribution in [3.05, 3.63) is 57.5 Å². The van der Waals surface area contributed by atoms with Crippen molar-refractivity contribution in [1.29, 1.82) is 0 Å². The van der Waals surface area contributed by atoms with Crippen molar-refractivity contribution in [2.45, 2.75) is 25.9 Å². The number of esters is 1. The van der Waals surface area contributed by atoms with E-state index in [0.717, 1.165) is 17.1 Å². The van der Waals surface area contributed by atoms with E-state index in [0.29, 0.717) is 17.8 Å². The molecule has 0 spiro atoms. The molecule has 1 atom stereocenters. The van der Waals surface area contributed by atoms with Crippen LogP contribution in [0.15, 0.2) is 40.8 Å². The molecule has 1 aliphatic heterocycles. The maximum atomic E-state index is 12.3. The van der Waals surface area contributed by atoms with E-state index in [1.807, 2.05) is 18.2 Å². The number of rotatable bonds is 5. The summed E-state index contributed by atoms with van der Waals surface area (Å²) in [5.41, 5.74) is 0.596. The third-order valence-electron chi connectivity index (χ3n) is 4.15. The molecule has 4 rings (SSSR count). The Hall–Kier alpha value is -2.87. The van der Waals surface area contributed by atoms with Crippen molar-refractivity contribution in [3.63, 3.8) is 0 Å². The van der Waals surface area contributed by atoms with Gasteiger partial charge >= 0.3 is 5.97 Å². The molecule has 26 heavy (non-hydrogen) atoms. The second-order valence-electron chi connectivity index (χ2n) is 5.97. The van der Waals surface area contributed by atoms with Crippen LogP contribution in [0.1, 0.15) is 29.3 Å². The lowest BCUT2D eigenvalue weighted by Crippen LogP contribution is -2.25. The van der Waals surface area contributed by atoms with Crippen LogP contribution in [-0.2, 0) is 11.2 Å². The molecule has 1 aliphatic rings. The summed E-state index contributed by atoms with van der Waals surface area (Å²) in [7, 11) is 0. The zero-order valence-corrected chi connectivity index (χ0v) is 14.8. The molecule has 0 N–H and O–H groups in total.